The van der Waals surface area contributed by atoms with Crippen LogP contribution in [0.3, 0.4) is 0 Å². The molecule has 0 aromatic heterocycles. The van der Waals surface area contributed by atoms with E-state index in [2.05, 4.69) is 0 Å². The molecule has 3 rings (SSSR count). The minimum absolute atomic E-state index is 0.0888. The summed E-state index contributed by atoms with van der Waals surface area (Å²) >= 11 is 0. The highest BCUT2D eigenvalue weighted by atomic mass is 32.2. The van der Waals surface area contributed by atoms with Gasteiger partial charge in [-0.1, -0.05) is 31.6 Å². The van der Waals surface area contributed by atoms with E-state index in [1.165, 1.54) is 4.31 Å². The van der Waals surface area contributed by atoms with Gasteiger partial charge in [0.05, 0.1) is 13.2 Å². The number of rotatable bonds is 6. The van der Waals surface area contributed by atoms with Crippen LogP contribution in [0.4, 0.5) is 0 Å². The number of fused-ring (bicyclic) bond motifs is 1. The highest BCUT2D eigenvalue weighted by Gasteiger charge is 2.39. The largest absolute Gasteiger partial charge is 0.487 e. The summed E-state index contributed by atoms with van der Waals surface area (Å²) in [4.78, 5) is 14.5. The lowest BCUT2D eigenvalue weighted by Crippen LogP contribution is -2.50. The third-order valence-electron chi connectivity index (χ3n) is 6.33. The number of amides is 1. The summed E-state index contributed by atoms with van der Waals surface area (Å²) < 4.78 is 34.5. The number of likely N-dealkylation sites (N-methyl/N-ethyl adjacent to an activating group) is 1. The molecule has 1 saturated carbocycles. The number of hydrogen-bond acceptors (Lipinski definition) is 5. The Morgan fingerprint density at radius 1 is 1.39 bits per heavy atom. The number of carbonyl (C=O) groups is 1. The fraction of sp³-hybridized carbons (Fsp3) is 0.609. The molecule has 8 heteroatoms. The number of aliphatic hydroxyl groups excluding tert-OH is 1. The molecule has 0 spiro atoms. The van der Waals surface area contributed by atoms with Crippen LogP contribution in [0.15, 0.2) is 29.2 Å². The molecule has 1 heterocycles. The molecule has 1 amide bonds. The Hall–Kier alpha value is -1.90. The number of sulfonamides is 1. The number of hydrogen-bond donors (Lipinski definition) is 1. The van der Waals surface area contributed by atoms with Crippen molar-refractivity contribution in [3.8, 4) is 5.75 Å². The van der Waals surface area contributed by atoms with E-state index in [9.17, 15) is 18.3 Å². The van der Waals surface area contributed by atoms with Gasteiger partial charge in [-0.3, -0.25) is 4.79 Å². The number of allylic oxidation sites excluding steroid dienone is 1. The van der Waals surface area contributed by atoms with Gasteiger partial charge in [-0.25, -0.2) is 8.42 Å². The Balaban J connectivity index is 1.99. The molecule has 2 aliphatic rings. The molecule has 0 unspecified atom stereocenters. The van der Waals surface area contributed by atoms with E-state index in [4.69, 9.17) is 4.74 Å². The molecule has 1 fully saturated rings. The summed E-state index contributed by atoms with van der Waals surface area (Å²) in [6.07, 6.45) is 6.34. The molecule has 1 aliphatic heterocycles. The highest BCUT2D eigenvalue weighted by Crippen LogP contribution is 2.35. The first kappa shape index (κ1) is 23.8. The first-order chi connectivity index (χ1) is 14.7. The van der Waals surface area contributed by atoms with Gasteiger partial charge in [0, 0.05) is 31.5 Å². The van der Waals surface area contributed by atoms with E-state index >= 15 is 0 Å². The molecule has 31 heavy (non-hydrogen) atoms. The van der Waals surface area contributed by atoms with E-state index in [0.29, 0.717) is 6.54 Å². The minimum atomic E-state index is -3.85. The van der Waals surface area contributed by atoms with Gasteiger partial charge in [0.25, 0.3) is 0 Å². The van der Waals surface area contributed by atoms with E-state index in [0.717, 1.165) is 24.8 Å². The summed E-state index contributed by atoms with van der Waals surface area (Å²) in [5.41, 5.74) is 0.837. The Bertz CT molecular complexity index is 926. The molecule has 0 bridgehead atoms. The van der Waals surface area contributed by atoms with Crippen LogP contribution in [-0.2, 0) is 14.8 Å². The van der Waals surface area contributed by atoms with Crippen molar-refractivity contribution in [1.82, 2.24) is 9.21 Å². The Morgan fingerprint density at radius 2 is 2.10 bits per heavy atom. The van der Waals surface area contributed by atoms with Gasteiger partial charge in [-0.15, -0.1) is 0 Å². The summed E-state index contributed by atoms with van der Waals surface area (Å²) in [5, 5.41) is 9.71. The maximum Gasteiger partial charge on any atom is 0.247 e. The van der Waals surface area contributed by atoms with Crippen molar-refractivity contribution in [2.24, 2.45) is 11.8 Å². The van der Waals surface area contributed by atoms with Crippen LogP contribution in [0, 0.1) is 11.8 Å². The molecule has 172 valence electrons. The van der Waals surface area contributed by atoms with E-state index in [1.54, 1.807) is 37.1 Å². The number of benzene rings is 1. The second kappa shape index (κ2) is 9.71. The Labute approximate surface area is 185 Å². The number of aliphatic hydroxyl groups is 1. The standard InChI is InChI=1S/C23H34N2O5S/c1-5-7-18-10-11-22-20(12-18)30-21(14-24(4)23(27)19-8-6-9-19)16(2)13-25(17(3)15-26)31(22,28)29/h5,7,10-12,16-17,19,21,26H,6,8-9,13-15H2,1-4H3/b7-5+/t16-,17-,21-/m1/s1. The van der Waals surface area contributed by atoms with E-state index in [1.807, 2.05) is 26.0 Å². The van der Waals surface area contributed by atoms with Gasteiger partial charge >= 0.3 is 0 Å². The van der Waals surface area contributed by atoms with Crippen molar-refractivity contribution in [2.45, 2.75) is 57.1 Å². The molecule has 3 atom stereocenters. The average Bonchev–Trinajstić information content (AvgIpc) is 2.68. The maximum atomic E-state index is 13.4. The monoisotopic (exact) mass is 450 g/mol. The van der Waals surface area contributed by atoms with Crippen LogP contribution in [0.2, 0.25) is 0 Å². The molecular weight excluding hydrogens is 416 g/mol. The summed E-state index contributed by atoms with van der Waals surface area (Å²) in [7, 11) is -2.06. The lowest BCUT2D eigenvalue weighted by Gasteiger charge is -2.38. The molecule has 1 aliphatic carbocycles. The average molecular weight is 451 g/mol. The van der Waals surface area contributed by atoms with Crippen LogP contribution < -0.4 is 4.74 Å². The van der Waals surface area contributed by atoms with E-state index in [-0.39, 0.29) is 47.6 Å². The fourth-order valence-corrected chi connectivity index (χ4v) is 5.91. The van der Waals surface area contributed by atoms with Crippen LogP contribution in [0.25, 0.3) is 6.08 Å². The predicted molar refractivity (Wildman–Crippen MR) is 120 cm³/mol. The Kier molecular flexibility index (Phi) is 7.44. The zero-order chi connectivity index (χ0) is 22.8. The topological polar surface area (TPSA) is 87.2 Å². The molecule has 1 N–H and O–H groups in total. The third kappa shape index (κ3) is 4.96. The summed E-state index contributed by atoms with van der Waals surface area (Å²) in [6, 6.07) is 4.47. The molecular formula is C23H34N2O5S. The first-order valence-corrected chi connectivity index (χ1v) is 12.4. The SMILES string of the molecule is C/C=C/c1ccc2c(c1)O[C@H](CN(C)C(=O)C1CCC1)[C@H](C)CN([C@H](C)CO)S2(=O)=O. The highest BCUT2D eigenvalue weighted by molar-refractivity contribution is 7.89. The second-order valence-electron chi connectivity index (χ2n) is 8.79. The van der Waals surface area contributed by atoms with Crippen molar-refractivity contribution >= 4 is 22.0 Å². The summed E-state index contributed by atoms with van der Waals surface area (Å²) in [5.74, 6) is 0.319. The number of nitrogens with zero attached hydrogens (tertiary/aromatic N) is 2. The van der Waals surface area contributed by atoms with E-state index < -0.39 is 16.1 Å². The van der Waals surface area contributed by atoms with Gasteiger partial charge in [0.15, 0.2) is 0 Å². The van der Waals surface area contributed by atoms with Gasteiger partial charge in [-0.2, -0.15) is 4.31 Å². The minimum Gasteiger partial charge on any atom is -0.487 e. The molecule has 1 aromatic carbocycles. The zero-order valence-electron chi connectivity index (χ0n) is 18.8. The second-order valence-corrected chi connectivity index (χ2v) is 10.7. The first-order valence-electron chi connectivity index (χ1n) is 11.0. The number of ether oxygens (including phenoxy) is 1. The lowest BCUT2D eigenvalue weighted by atomic mass is 9.84. The van der Waals surface area contributed by atoms with Gasteiger partial charge < -0.3 is 14.7 Å². The van der Waals surface area contributed by atoms with Crippen LogP contribution in [0.5, 0.6) is 5.75 Å². The molecule has 1 aromatic rings. The normalized spacial score (nSPS) is 25.1. The number of carbonyl (C=O) groups excluding carboxylic acids is 1. The molecule has 0 radical (unpaired) electrons. The van der Waals surface area contributed by atoms with Crippen molar-refractivity contribution in [3.05, 3.63) is 29.8 Å². The fourth-order valence-electron chi connectivity index (χ4n) is 4.08. The van der Waals surface area contributed by atoms with Crippen LogP contribution in [-0.4, -0.2) is 67.5 Å². The quantitative estimate of drug-likeness (QED) is 0.720. The van der Waals surface area contributed by atoms with Crippen LogP contribution >= 0.6 is 0 Å². The molecule has 0 saturated heterocycles. The molecule has 7 nitrogen and oxygen atoms in total. The predicted octanol–water partition coefficient (Wildman–Crippen LogP) is 2.75. The smallest absolute Gasteiger partial charge is 0.247 e. The van der Waals surface area contributed by atoms with Crippen molar-refractivity contribution in [1.29, 1.82) is 0 Å². The van der Waals surface area contributed by atoms with Crippen molar-refractivity contribution in [3.63, 3.8) is 0 Å². The Morgan fingerprint density at radius 3 is 2.68 bits per heavy atom. The third-order valence-corrected chi connectivity index (χ3v) is 8.35. The van der Waals surface area contributed by atoms with Crippen molar-refractivity contribution in [2.75, 3.05) is 26.7 Å². The van der Waals surface area contributed by atoms with Gasteiger partial charge in [0.2, 0.25) is 15.9 Å². The maximum absolute atomic E-state index is 13.4. The van der Waals surface area contributed by atoms with Gasteiger partial charge in [0.1, 0.15) is 16.7 Å². The van der Waals surface area contributed by atoms with Gasteiger partial charge in [-0.05, 0) is 44.4 Å². The zero-order valence-corrected chi connectivity index (χ0v) is 19.6. The summed E-state index contributed by atoms with van der Waals surface area (Å²) in [6.45, 7) is 5.83. The van der Waals surface area contributed by atoms with Crippen molar-refractivity contribution < 1.29 is 23.1 Å². The lowest BCUT2D eigenvalue weighted by molar-refractivity contribution is -0.138. The van der Waals surface area contributed by atoms with Crippen LogP contribution in [0.1, 0.15) is 45.6 Å².